The Hall–Kier alpha value is -0.240. The average molecular weight is 108 g/mol. The molecule has 0 aliphatic carbocycles. The largest absolute Gasteiger partial charge is 0.456 e. The number of hydrogen-bond acceptors (Lipinski definition) is 2. The highest BCUT2D eigenvalue weighted by atomic mass is 35.5. The van der Waals surface area contributed by atoms with Crippen LogP contribution in [0.1, 0.15) is 0 Å². The van der Waals surface area contributed by atoms with Gasteiger partial charge >= 0.3 is 6.47 Å². The Morgan fingerprint density at radius 3 is 2.67 bits per heavy atom. The van der Waals surface area contributed by atoms with Crippen molar-refractivity contribution >= 4 is 18.1 Å². The molecule has 3 heteroatoms. The Morgan fingerprint density at radius 2 is 2.50 bits per heavy atom. The van der Waals surface area contributed by atoms with Crippen LogP contribution in [0.4, 0.5) is 0 Å². The molecule has 0 aromatic heterocycles. The molecule has 0 spiro atoms. The summed E-state index contributed by atoms with van der Waals surface area (Å²) in [6, 6.07) is 0. The standard InChI is InChI=1S/C3H4ClO2/c4-1-2-6-3-5/h1-2H2. The minimum Gasteiger partial charge on any atom is -0.456 e. The summed E-state index contributed by atoms with van der Waals surface area (Å²) in [6.45, 7) is 1.49. The van der Waals surface area contributed by atoms with Gasteiger partial charge in [0, 0.05) is 0 Å². The molecule has 0 aromatic carbocycles. The molecule has 1 radical (unpaired) electrons. The van der Waals surface area contributed by atoms with Crippen LogP contribution in [0.15, 0.2) is 0 Å². The van der Waals surface area contributed by atoms with Gasteiger partial charge in [0.2, 0.25) is 0 Å². The number of hydrogen-bond donors (Lipinski definition) is 0. The molecule has 35 valence electrons. The fourth-order valence-electron chi connectivity index (χ4n) is 0.0802. The number of carbonyl (C=O) groups excluding carboxylic acids is 1. The van der Waals surface area contributed by atoms with Crippen LogP contribution in [0, 0.1) is 0 Å². The zero-order valence-electron chi connectivity index (χ0n) is 3.11. The highest BCUT2D eigenvalue weighted by Crippen LogP contribution is 1.71. The first-order chi connectivity index (χ1) is 2.91. The van der Waals surface area contributed by atoms with Gasteiger partial charge in [0.25, 0.3) is 0 Å². The van der Waals surface area contributed by atoms with Gasteiger partial charge in [-0.3, -0.25) is 0 Å². The third kappa shape index (κ3) is 3.76. The quantitative estimate of drug-likeness (QED) is 0.383. The number of rotatable bonds is 3. The lowest BCUT2D eigenvalue weighted by atomic mass is 10.9. The fraction of sp³-hybridized carbons (Fsp3) is 0.667. The molecule has 2 nitrogen and oxygen atoms in total. The third-order valence-electron chi connectivity index (χ3n) is 0.238. The maximum Gasteiger partial charge on any atom is 0.417 e. The normalized spacial score (nSPS) is 7.50. The molecule has 0 aliphatic heterocycles. The maximum absolute atomic E-state index is 9.16. The van der Waals surface area contributed by atoms with E-state index in [1.165, 1.54) is 6.47 Å². The Kier molecular flexibility index (Phi) is 4.57. The van der Waals surface area contributed by atoms with E-state index in [0.29, 0.717) is 5.88 Å². The van der Waals surface area contributed by atoms with Gasteiger partial charge < -0.3 is 4.74 Å². The minimum atomic E-state index is 0.255. The fourth-order valence-corrected chi connectivity index (χ4v) is 0.157. The van der Waals surface area contributed by atoms with E-state index in [2.05, 4.69) is 4.74 Å². The van der Waals surface area contributed by atoms with Crippen molar-refractivity contribution in [3.8, 4) is 0 Å². The Morgan fingerprint density at radius 1 is 1.83 bits per heavy atom. The molecule has 0 atom stereocenters. The van der Waals surface area contributed by atoms with E-state index in [4.69, 9.17) is 16.4 Å². The van der Waals surface area contributed by atoms with Gasteiger partial charge in [0.1, 0.15) is 6.61 Å². The van der Waals surface area contributed by atoms with E-state index in [9.17, 15) is 0 Å². The molecule has 0 unspecified atom stereocenters. The second-order valence-corrected chi connectivity index (χ2v) is 0.999. The minimum absolute atomic E-state index is 0.255. The van der Waals surface area contributed by atoms with Crippen molar-refractivity contribution in [3.05, 3.63) is 0 Å². The highest BCUT2D eigenvalue weighted by Gasteiger charge is 1.75. The van der Waals surface area contributed by atoms with Gasteiger partial charge in [-0.2, -0.15) is 0 Å². The highest BCUT2D eigenvalue weighted by molar-refractivity contribution is 6.18. The summed E-state index contributed by atoms with van der Waals surface area (Å²) in [6.07, 6.45) is 0. The van der Waals surface area contributed by atoms with Crippen molar-refractivity contribution in [3.63, 3.8) is 0 Å². The van der Waals surface area contributed by atoms with E-state index in [-0.39, 0.29) is 6.61 Å². The molecule has 0 saturated heterocycles. The summed E-state index contributed by atoms with van der Waals surface area (Å²) < 4.78 is 4.05. The van der Waals surface area contributed by atoms with Gasteiger partial charge in [0.05, 0.1) is 5.88 Å². The predicted molar refractivity (Wildman–Crippen MR) is 22.4 cm³/mol. The monoisotopic (exact) mass is 107 g/mol. The van der Waals surface area contributed by atoms with Crippen LogP contribution < -0.4 is 0 Å². The van der Waals surface area contributed by atoms with Gasteiger partial charge in [-0.05, 0) is 0 Å². The van der Waals surface area contributed by atoms with E-state index in [0.717, 1.165) is 0 Å². The topological polar surface area (TPSA) is 26.3 Å². The first-order valence-corrected chi connectivity index (χ1v) is 2.00. The molecular formula is C3H4ClO2. The van der Waals surface area contributed by atoms with Crippen molar-refractivity contribution in [2.24, 2.45) is 0 Å². The summed E-state index contributed by atoms with van der Waals surface area (Å²) in [5.41, 5.74) is 0. The first-order valence-electron chi connectivity index (χ1n) is 1.46. The molecule has 0 saturated carbocycles. The van der Waals surface area contributed by atoms with Gasteiger partial charge in [0.15, 0.2) is 0 Å². The molecule has 6 heavy (non-hydrogen) atoms. The van der Waals surface area contributed by atoms with Crippen molar-refractivity contribution in [1.82, 2.24) is 0 Å². The summed E-state index contributed by atoms with van der Waals surface area (Å²) >= 11 is 5.08. The summed E-state index contributed by atoms with van der Waals surface area (Å²) in [5.74, 6) is 0.343. The Bertz CT molecular complexity index is 37.8. The zero-order chi connectivity index (χ0) is 4.83. The van der Waals surface area contributed by atoms with Crippen LogP contribution in [0.2, 0.25) is 0 Å². The van der Waals surface area contributed by atoms with Crippen LogP contribution in [0.25, 0.3) is 0 Å². The smallest absolute Gasteiger partial charge is 0.417 e. The summed E-state index contributed by atoms with van der Waals surface area (Å²) in [7, 11) is 0. The Balaban J connectivity index is 2.49. The average Bonchev–Trinajstić information content (AvgIpc) is 1.61. The summed E-state index contributed by atoms with van der Waals surface area (Å²) in [4.78, 5) is 9.16. The predicted octanol–water partition coefficient (Wildman–Crippen LogP) is 0.309. The number of alkyl halides is 1. The molecule has 0 fully saturated rings. The van der Waals surface area contributed by atoms with Gasteiger partial charge in [-0.1, -0.05) is 0 Å². The molecule has 0 N–H and O–H groups in total. The van der Waals surface area contributed by atoms with Crippen LogP contribution in [0.5, 0.6) is 0 Å². The van der Waals surface area contributed by atoms with Crippen LogP contribution in [-0.2, 0) is 9.53 Å². The summed E-state index contributed by atoms with van der Waals surface area (Å²) in [5, 5.41) is 0. The van der Waals surface area contributed by atoms with Crippen LogP contribution in [-0.4, -0.2) is 19.0 Å². The van der Waals surface area contributed by atoms with Crippen molar-refractivity contribution in [2.45, 2.75) is 0 Å². The van der Waals surface area contributed by atoms with Crippen molar-refractivity contribution in [1.29, 1.82) is 0 Å². The van der Waals surface area contributed by atoms with Crippen molar-refractivity contribution < 1.29 is 9.53 Å². The molecule has 0 aliphatic rings. The molecule has 0 aromatic rings. The van der Waals surface area contributed by atoms with Gasteiger partial charge in [-0.25, -0.2) is 4.79 Å². The van der Waals surface area contributed by atoms with Crippen molar-refractivity contribution in [2.75, 3.05) is 12.5 Å². The second-order valence-electron chi connectivity index (χ2n) is 0.621. The van der Waals surface area contributed by atoms with Crippen LogP contribution in [0.3, 0.4) is 0 Å². The SMILES string of the molecule is O=[C]OCCCl. The molecular weight excluding hydrogens is 103 g/mol. The molecule has 0 heterocycles. The Labute approximate surface area is 41.0 Å². The van der Waals surface area contributed by atoms with E-state index in [1.54, 1.807) is 0 Å². The van der Waals surface area contributed by atoms with E-state index < -0.39 is 0 Å². The third-order valence-corrected chi connectivity index (χ3v) is 0.392. The number of halogens is 1. The van der Waals surface area contributed by atoms with E-state index in [1.807, 2.05) is 0 Å². The lowest BCUT2D eigenvalue weighted by Gasteiger charge is -1.83. The second kappa shape index (κ2) is 4.76. The number of ether oxygens (including phenoxy) is 1. The molecule has 0 amide bonds. The van der Waals surface area contributed by atoms with Crippen LogP contribution >= 0.6 is 11.6 Å². The first kappa shape index (κ1) is 5.76. The molecule has 0 rings (SSSR count). The van der Waals surface area contributed by atoms with E-state index >= 15 is 0 Å². The molecule has 0 bridgehead atoms. The van der Waals surface area contributed by atoms with Gasteiger partial charge in [-0.15, -0.1) is 11.6 Å². The lowest BCUT2D eigenvalue weighted by molar-refractivity contribution is 0.298. The lowest BCUT2D eigenvalue weighted by Crippen LogP contribution is -1.90. The zero-order valence-corrected chi connectivity index (χ0v) is 3.86. The maximum atomic E-state index is 9.16.